The van der Waals surface area contributed by atoms with Gasteiger partial charge in [-0.3, -0.25) is 29.3 Å². The molecule has 1 radical (unpaired) electrons. The molecule has 2 N–H and O–H groups in total. The zero-order valence-corrected chi connectivity index (χ0v) is 38.6. The third-order valence-electron chi connectivity index (χ3n) is 13.9. The maximum Gasteiger partial charge on any atom is 0.324 e. The van der Waals surface area contributed by atoms with Gasteiger partial charge in [0.05, 0.1) is 46.7 Å². The zero-order chi connectivity index (χ0) is 42.7. The Kier molecular flexibility index (Phi) is 11.6. The lowest BCUT2D eigenvalue weighted by Gasteiger charge is -2.36. The topological polar surface area (TPSA) is 134 Å². The summed E-state index contributed by atoms with van der Waals surface area (Å²) in [6.07, 6.45) is 6.24. The zero-order valence-electron chi connectivity index (χ0n) is 36.8. The molecule has 0 spiro atoms. The number of amides is 2. The summed E-state index contributed by atoms with van der Waals surface area (Å²) in [5.74, 6) is 0.0339. The van der Waals surface area contributed by atoms with Crippen molar-refractivity contribution in [2.45, 2.75) is 104 Å². The summed E-state index contributed by atoms with van der Waals surface area (Å²) >= 11 is 1.52. The summed E-state index contributed by atoms with van der Waals surface area (Å²) in [6.45, 7) is 18.2. The van der Waals surface area contributed by atoms with Crippen LogP contribution in [0.25, 0.3) is 33.4 Å². The van der Waals surface area contributed by atoms with Gasteiger partial charge in [0.25, 0.3) is 8.96 Å². The Hall–Kier alpha value is -4.15. The number of esters is 1. The maximum atomic E-state index is 14.3. The number of ether oxygens (including phenoxy) is 2. The monoisotopic (exact) mass is 865 g/mol. The molecule has 61 heavy (non-hydrogen) atoms. The average molecular weight is 866 g/mol. The molecule has 3 aliphatic heterocycles. The van der Waals surface area contributed by atoms with Gasteiger partial charge in [0, 0.05) is 97.2 Å². The maximum absolute atomic E-state index is 14.3. The minimum absolute atomic E-state index is 0.0643. The van der Waals surface area contributed by atoms with E-state index in [0.717, 1.165) is 88.6 Å². The first-order chi connectivity index (χ1) is 29.3. The largest absolute Gasteiger partial charge is 0.464 e. The number of aryl methyl sites for hydroxylation is 1. The van der Waals surface area contributed by atoms with E-state index in [1.807, 2.05) is 6.20 Å². The molecule has 5 atom stereocenters. The summed E-state index contributed by atoms with van der Waals surface area (Å²) in [6, 6.07) is 9.37. The van der Waals surface area contributed by atoms with Crippen molar-refractivity contribution in [3.63, 3.8) is 0 Å². The van der Waals surface area contributed by atoms with Crippen LogP contribution in [0.15, 0.2) is 35.8 Å². The van der Waals surface area contributed by atoms with Crippen molar-refractivity contribution in [2.75, 3.05) is 51.3 Å². The van der Waals surface area contributed by atoms with E-state index >= 15 is 0 Å². The van der Waals surface area contributed by atoms with Gasteiger partial charge in [-0.05, 0) is 81.5 Å². The lowest BCUT2D eigenvalue weighted by molar-refractivity contribution is -0.151. The van der Waals surface area contributed by atoms with Crippen molar-refractivity contribution < 1.29 is 23.9 Å². The predicted octanol–water partition coefficient (Wildman–Crippen LogP) is 6.73. The minimum atomic E-state index is -2.17. The third kappa shape index (κ3) is 8.40. The molecule has 2 saturated heterocycles. The highest BCUT2D eigenvalue weighted by atomic mass is 32.1. The molecule has 6 bridgehead atoms. The van der Waals surface area contributed by atoms with Crippen molar-refractivity contribution in [3.05, 3.63) is 52.1 Å². The van der Waals surface area contributed by atoms with Gasteiger partial charge >= 0.3 is 5.97 Å². The van der Waals surface area contributed by atoms with Crippen molar-refractivity contribution in [3.8, 4) is 22.5 Å². The first-order valence-corrected chi connectivity index (χ1v) is 25.0. The van der Waals surface area contributed by atoms with Crippen LogP contribution in [0, 0.1) is 23.2 Å². The predicted molar refractivity (Wildman–Crippen MR) is 240 cm³/mol. The van der Waals surface area contributed by atoms with Gasteiger partial charge in [-0.2, -0.15) is 0 Å². The summed E-state index contributed by atoms with van der Waals surface area (Å²) in [7, 11) is -0.429. The Labute approximate surface area is 365 Å². The molecular weight excluding hydrogens is 805 g/mol. The van der Waals surface area contributed by atoms with Crippen LogP contribution >= 0.6 is 11.3 Å². The average Bonchev–Trinajstić information content (AvgIpc) is 4.13. The Morgan fingerprint density at radius 1 is 1.10 bits per heavy atom. The number of piperazine rings is 1. The van der Waals surface area contributed by atoms with E-state index in [2.05, 4.69) is 96.0 Å². The van der Waals surface area contributed by atoms with Crippen LogP contribution < -0.4 is 15.3 Å². The number of anilines is 1. The molecule has 6 heterocycles. The first-order valence-electron chi connectivity index (χ1n) is 22.4. The van der Waals surface area contributed by atoms with Crippen LogP contribution in [0.5, 0.6) is 0 Å². The van der Waals surface area contributed by atoms with Gasteiger partial charge in [-0.25, -0.2) is 10.4 Å². The number of hydrazine groups is 1. The lowest BCUT2D eigenvalue weighted by Crippen LogP contribution is -2.62. The van der Waals surface area contributed by atoms with Gasteiger partial charge in [-0.1, -0.05) is 33.8 Å². The Balaban J connectivity index is 1.15. The van der Waals surface area contributed by atoms with Crippen LogP contribution in [-0.2, 0) is 38.1 Å². The molecule has 2 amide bonds. The number of rotatable bonds is 8. The molecule has 5 aliphatic rings. The van der Waals surface area contributed by atoms with E-state index < -0.39 is 20.4 Å². The molecule has 1 unspecified atom stereocenters. The van der Waals surface area contributed by atoms with E-state index in [4.69, 9.17) is 19.4 Å². The number of nitrogens with zero attached hydrogens (tertiary/aromatic N) is 6. The molecule has 1 aromatic carbocycles. The van der Waals surface area contributed by atoms with E-state index in [-0.39, 0.29) is 47.9 Å². The van der Waals surface area contributed by atoms with Crippen LogP contribution in [0.4, 0.5) is 10.5 Å². The number of methoxy groups -OCH3 is 1. The molecule has 4 aromatic rings. The molecule has 325 valence electrons. The molecule has 2 aliphatic carbocycles. The number of pyridine rings is 1. The van der Waals surface area contributed by atoms with E-state index in [0.29, 0.717) is 31.9 Å². The fraction of sp³-hybridized carbons (Fsp3) is 0.587. The van der Waals surface area contributed by atoms with Crippen molar-refractivity contribution in [1.82, 2.24) is 34.9 Å². The standard InChI is InChI=1S/C46H61N8O5SSi/c1-8-53-38-14-11-30-20-33(38)35(42(53)34-21-32(23-47-41(34)29(4)58-7)52-18-16-51(17-19-52)31-12-13-31)22-46(5,6)26-59-44(56)36-10-9-15-54(49-36)45(57)61(25-39-48-37(30)24-60-39)50-43(55)40-27(2)28(40)3/h11,14,20-21,23-24,27-29,31,36,40,49H,8-10,12-13,15-19,22,25-26H2,1-7H3,(H,50,55)/t27-,28+,29-,36-,40?/m0/s1. The number of benzene rings is 1. The third-order valence-corrected chi connectivity index (χ3v) is 17.1. The second kappa shape index (κ2) is 16.9. The number of carbonyl (C=O) groups excluding carboxylic acids is 3. The number of hydrogen-bond donors (Lipinski definition) is 2. The van der Waals surface area contributed by atoms with Crippen LogP contribution in [0.3, 0.4) is 0 Å². The van der Waals surface area contributed by atoms with Crippen LogP contribution in [0.2, 0.25) is 0 Å². The Morgan fingerprint density at radius 3 is 2.57 bits per heavy atom. The van der Waals surface area contributed by atoms with Crippen molar-refractivity contribution in [1.29, 1.82) is 0 Å². The van der Waals surface area contributed by atoms with Gasteiger partial charge in [0.15, 0.2) is 0 Å². The van der Waals surface area contributed by atoms with Gasteiger partial charge in [0.1, 0.15) is 6.04 Å². The van der Waals surface area contributed by atoms with E-state index in [1.54, 1.807) is 12.1 Å². The Morgan fingerprint density at radius 2 is 1.87 bits per heavy atom. The number of fused-ring (bicyclic) bond motifs is 6. The summed E-state index contributed by atoms with van der Waals surface area (Å²) in [5.41, 5.74) is 10.9. The molecule has 3 aromatic heterocycles. The van der Waals surface area contributed by atoms with Crippen molar-refractivity contribution >= 4 is 54.3 Å². The quantitative estimate of drug-likeness (QED) is 0.145. The SMILES string of the molecule is CCn1c(-c2cc(N3CCN(C4CC4)CC3)cnc2[C@H](C)OC)c2c3cc(ccc31)-c1csc(n1)C[Si](NC(=O)C1[C@@H](C)[C@H]1C)C(=O)N1CCC[C@H](N1)C(=O)OCC(C)(C)C2. The second-order valence-corrected chi connectivity index (χ2v) is 21.7. The second-order valence-electron chi connectivity index (χ2n) is 18.8. The summed E-state index contributed by atoms with van der Waals surface area (Å²) < 4.78 is 14.6. The number of hydrogen-bond acceptors (Lipinski definition) is 11. The number of cyclic esters (lactones) is 1. The Bertz CT molecular complexity index is 2310. The highest BCUT2D eigenvalue weighted by Gasteiger charge is 2.49. The van der Waals surface area contributed by atoms with Gasteiger partial charge < -0.3 is 23.9 Å². The number of thiazole rings is 1. The first kappa shape index (κ1) is 42.2. The normalized spacial score (nSPS) is 25.6. The minimum Gasteiger partial charge on any atom is -0.464 e. The highest BCUT2D eigenvalue weighted by Crippen LogP contribution is 2.46. The molecule has 2 saturated carbocycles. The van der Waals surface area contributed by atoms with E-state index in [1.165, 1.54) is 29.7 Å². The fourth-order valence-corrected chi connectivity index (χ4v) is 12.9. The van der Waals surface area contributed by atoms with Crippen LogP contribution in [0.1, 0.15) is 89.6 Å². The number of nitrogens with one attached hydrogen (secondary N) is 2. The molecular formula is C46H61N8O5SSi. The fourth-order valence-electron chi connectivity index (χ4n) is 9.83. The smallest absolute Gasteiger partial charge is 0.324 e. The molecule has 9 rings (SSSR count). The van der Waals surface area contributed by atoms with Gasteiger partial charge in [0.2, 0.25) is 11.4 Å². The lowest BCUT2D eigenvalue weighted by atomic mass is 9.84. The summed E-state index contributed by atoms with van der Waals surface area (Å²) in [4.78, 5) is 60.3. The highest BCUT2D eigenvalue weighted by molar-refractivity contribution is 7.10. The van der Waals surface area contributed by atoms with Gasteiger partial charge in [-0.15, -0.1) is 11.3 Å². The molecule has 13 nitrogen and oxygen atoms in total. The van der Waals surface area contributed by atoms with Crippen molar-refractivity contribution in [2.24, 2.45) is 23.2 Å². The summed E-state index contributed by atoms with van der Waals surface area (Å²) in [5, 5.41) is 5.55. The van der Waals surface area contributed by atoms with E-state index in [9.17, 15) is 14.4 Å². The molecule has 15 heteroatoms. The van der Waals surface area contributed by atoms with Crippen LogP contribution in [-0.4, -0.2) is 109 Å². The number of aromatic nitrogens is 3. The number of carbonyl (C=O) groups is 3. The molecule has 4 fully saturated rings.